The van der Waals surface area contributed by atoms with Gasteiger partial charge in [-0.1, -0.05) is 29.5 Å². The van der Waals surface area contributed by atoms with Crippen molar-refractivity contribution < 1.29 is 14.6 Å². The van der Waals surface area contributed by atoms with Gasteiger partial charge in [0.15, 0.2) is 0 Å². The smallest absolute Gasteiger partial charge is 0.325 e. The molecule has 1 N–H and O–H groups in total. The van der Waals surface area contributed by atoms with E-state index in [2.05, 4.69) is 15.5 Å². The van der Waals surface area contributed by atoms with Crippen molar-refractivity contribution in [3.05, 3.63) is 29.3 Å². The van der Waals surface area contributed by atoms with Gasteiger partial charge in [0.1, 0.15) is 12.3 Å². The van der Waals surface area contributed by atoms with Crippen molar-refractivity contribution in [2.45, 2.75) is 24.4 Å². The van der Waals surface area contributed by atoms with Crippen molar-refractivity contribution in [3.63, 3.8) is 0 Å². The number of ether oxygens (including phenoxy) is 1. The second kappa shape index (κ2) is 6.38. The second-order valence-electron chi connectivity index (χ2n) is 4.12. The Hall–Kier alpha value is -2.09. The number of nitrogens with zero attached hydrogens (tertiary/aromatic N) is 4. The Morgan fingerprint density at radius 2 is 2.30 bits per heavy atom. The van der Waals surface area contributed by atoms with E-state index >= 15 is 0 Å². The average molecular weight is 294 g/mol. The van der Waals surface area contributed by atoms with Gasteiger partial charge in [-0.05, 0) is 23.4 Å². The van der Waals surface area contributed by atoms with E-state index in [4.69, 9.17) is 9.84 Å². The Morgan fingerprint density at radius 3 is 3.00 bits per heavy atom. The highest BCUT2D eigenvalue weighted by Gasteiger charge is 2.11. The molecule has 8 heteroatoms. The van der Waals surface area contributed by atoms with Crippen molar-refractivity contribution >= 4 is 17.7 Å². The van der Waals surface area contributed by atoms with Crippen LogP contribution in [0.1, 0.15) is 11.1 Å². The summed E-state index contributed by atoms with van der Waals surface area (Å²) < 4.78 is 6.56. The van der Waals surface area contributed by atoms with Crippen LogP contribution in [0.25, 0.3) is 0 Å². The van der Waals surface area contributed by atoms with Crippen LogP contribution < -0.4 is 4.74 Å². The standard InChI is InChI=1S/C12H14N4O3S/c1-8-3-4-10(19-2)9(5-8)7-20-12-13-14-15-16(12)6-11(17)18/h3-5H,6-7H2,1-2H3,(H,17,18). The van der Waals surface area contributed by atoms with E-state index in [0.717, 1.165) is 16.9 Å². The summed E-state index contributed by atoms with van der Waals surface area (Å²) in [5.74, 6) is 0.415. The summed E-state index contributed by atoms with van der Waals surface area (Å²) in [5.41, 5.74) is 2.15. The molecule has 2 rings (SSSR count). The molecule has 0 aliphatic heterocycles. The number of hydrogen-bond donors (Lipinski definition) is 1. The number of aliphatic carboxylic acids is 1. The summed E-state index contributed by atoms with van der Waals surface area (Å²) in [6.07, 6.45) is 0. The highest BCUT2D eigenvalue weighted by Crippen LogP contribution is 2.27. The Labute approximate surface area is 119 Å². The lowest BCUT2D eigenvalue weighted by Gasteiger charge is -2.08. The first kappa shape index (κ1) is 14.3. The molecule has 0 aliphatic rings. The number of carbonyl (C=O) groups is 1. The van der Waals surface area contributed by atoms with Crippen molar-refractivity contribution in [1.82, 2.24) is 20.2 Å². The molecule has 0 saturated heterocycles. The molecule has 20 heavy (non-hydrogen) atoms. The summed E-state index contributed by atoms with van der Waals surface area (Å²) in [6, 6.07) is 5.91. The van der Waals surface area contributed by atoms with E-state index < -0.39 is 5.97 Å². The number of thioether (sulfide) groups is 1. The van der Waals surface area contributed by atoms with Gasteiger partial charge in [0, 0.05) is 11.3 Å². The Bertz CT molecular complexity index is 614. The molecule has 0 amide bonds. The molecule has 1 aromatic carbocycles. The van der Waals surface area contributed by atoms with Crippen LogP contribution in [0.4, 0.5) is 0 Å². The normalized spacial score (nSPS) is 10.5. The maximum atomic E-state index is 10.7. The fourth-order valence-electron chi connectivity index (χ4n) is 1.69. The number of benzene rings is 1. The van der Waals surface area contributed by atoms with E-state index in [1.165, 1.54) is 16.4 Å². The maximum Gasteiger partial charge on any atom is 0.325 e. The first-order valence-corrected chi connectivity index (χ1v) is 6.83. The molecule has 0 aliphatic carbocycles. The molecule has 0 fully saturated rings. The van der Waals surface area contributed by atoms with Gasteiger partial charge >= 0.3 is 5.97 Å². The zero-order chi connectivity index (χ0) is 14.5. The third-order valence-electron chi connectivity index (χ3n) is 2.58. The van der Waals surface area contributed by atoms with Gasteiger partial charge in [-0.3, -0.25) is 4.79 Å². The van der Waals surface area contributed by atoms with Crippen LogP contribution >= 0.6 is 11.8 Å². The number of aryl methyl sites for hydroxylation is 1. The fraction of sp³-hybridized carbons (Fsp3) is 0.333. The molecule has 1 heterocycles. The Balaban J connectivity index is 2.11. The van der Waals surface area contributed by atoms with E-state index in [1.807, 2.05) is 25.1 Å². The number of methoxy groups -OCH3 is 1. The second-order valence-corrected chi connectivity index (χ2v) is 5.06. The van der Waals surface area contributed by atoms with E-state index in [1.54, 1.807) is 7.11 Å². The summed E-state index contributed by atoms with van der Waals surface area (Å²) in [4.78, 5) is 10.7. The van der Waals surface area contributed by atoms with Gasteiger partial charge < -0.3 is 9.84 Å². The number of hydrogen-bond acceptors (Lipinski definition) is 6. The van der Waals surface area contributed by atoms with Crippen molar-refractivity contribution in [1.29, 1.82) is 0 Å². The van der Waals surface area contributed by atoms with Gasteiger partial charge in [-0.15, -0.1) is 5.10 Å². The van der Waals surface area contributed by atoms with Gasteiger partial charge in [0.2, 0.25) is 5.16 Å². The molecular weight excluding hydrogens is 280 g/mol. The molecule has 106 valence electrons. The van der Waals surface area contributed by atoms with Gasteiger partial charge in [0.05, 0.1) is 7.11 Å². The van der Waals surface area contributed by atoms with E-state index in [0.29, 0.717) is 10.9 Å². The van der Waals surface area contributed by atoms with Crippen LogP contribution in [0.2, 0.25) is 0 Å². The number of rotatable bonds is 6. The largest absolute Gasteiger partial charge is 0.496 e. The summed E-state index contributed by atoms with van der Waals surface area (Å²) in [6.45, 7) is 1.75. The third-order valence-corrected chi connectivity index (χ3v) is 3.58. The minimum atomic E-state index is -0.979. The number of carboxylic acid groups (broad SMARTS) is 1. The quantitative estimate of drug-likeness (QED) is 0.804. The SMILES string of the molecule is COc1ccc(C)cc1CSc1nnnn1CC(=O)O. The number of tetrazole rings is 1. The lowest BCUT2D eigenvalue weighted by Crippen LogP contribution is -2.11. The van der Waals surface area contributed by atoms with Crippen LogP contribution in [-0.2, 0) is 17.1 Å². The highest BCUT2D eigenvalue weighted by molar-refractivity contribution is 7.98. The number of aromatic nitrogens is 4. The lowest BCUT2D eigenvalue weighted by molar-refractivity contribution is -0.138. The summed E-state index contributed by atoms with van der Waals surface area (Å²) in [7, 11) is 1.62. The fourth-order valence-corrected chi connectivity index (χ4v) is 2.54. The molecule has 1 aromatic heterocycles. The monoisotopic (exact) mass is 294 g/mol. The molecule has 0 atom stereocenters. The van der Waals surface area contributed by atoms with Gasteiger partial charge in [-0.25, -0.2) is 4.68 Å². The molecule has 0 spiro atoms. The zero-order valence-corrected chi connectivity index (χ0v) is 11.9. The predicted octanol–water partition coefficient (Wildman–Crippen LogP) is 1.37. The van der Waals surface area contributed by atoms with Gasteiger partial charge in [0.25, 0.3) is 0 Å². The van der Waals surface area contributed by atoms with E-state index in [-0.39, 0.29) is 6.54 Å². The van der Waals surface area contributed by atoms with Crippen LogP contribution in [0.5, 0.6) is 5.75 Å². The van der Waals surface area contributed by atoms with Crippen molar-refractivity contribution in [3.8, 4) is 5.75 Å². The molecule has 0 radical (unpaired) electrons. The zero-order valence-electron chi connectivity index (χ0n) is 11.1. The van der Waals surface area contributed by atoms with Crippen molar-refractivity contribution in [2.24, 2.45) is 0 Å². The lowest BCUT2D eigenvalue weighted by atomic mass is 10.1. The first-order chi connectivity index (χ1) is 9.60. The van der Waals surface area contributed by atoms with E-state index in [9.17, 15) is 4.79 Å². The predicted molar refractivity (Wildman–Crippen MR) is 72.7 cm³/mol. The summed E-state index contributed by atoms with van der Waals surface area (Å²) >= 11 is 1.37. The Kier molecular flexibility index (Phi) is 4.57. The van der Waals surface area contributed by atoms with Crippen LogP contribution in [0.3, 0.4) is 0 Å². The van der Waals surface area contributed by atoms with Crippen LogP contribution in [0.15, 0.2) is 23.4 Å². The van der Waals surface area contributed by atoms with Crippen LogP contribution in [-0.4, -0.2) is 38.4 Å². The minimum absolute atomic E-state index is 0.250. The maximum absolute atomic E-state index is 10.7. The molecule has 7 nitrogen and oxygen atoms in total. The third kappa shape index (κ3) is 3.47. The van der Waals surface area contributed by atoms with Crippen LogP contribution in [0, 0.1) is 6.92 Å². The topological polar surface area (TPSA) is 90.1 Å². The molecule has 0 saturated carbocycles. The Morgan fingerprint density at radius 1 is 1.50 bits per heavy atom. The van der Waals surface area contributed by atoms with Gasteiger partial charge in [-0.2, -0.15) is 0 Å². The molecule has 0 unspecified atom stereocenters. The number of carboxylic acids is 1. The molecule has 2 aromatic rings. The molecular formula is C12H14N4O3S. The molecule has 0 bridgehead atoms. The average Bonchev–Trinajstić information content (AvgIpc) is 2.83. The first-order valence-electron chi connectivity index (χ1n) is 5.84. The minimum Gasteiger partial charge on any atom is -0.496 e. The summed E-state index contributed by atoms with van der Waals surface area (Å²) in [5, 5.41) is 20.2. The van der Waals surface area contributed by atoms with Crippen molar-refractivity contribution in [2.75, 3.05) is 7.11 Å². The highest BCUT2D eigenvalue weighted by atomic mass is 32.2.